The van der Waals surface area contributed by atoms with Gasteiger partial charge < -0.3 is 5.48 Å². The number of rotatable bonds is 15. The molecule has 0 saturated heterocycles. The van der Waals surface area contributed by atoms with E-state index in [0.29, 0.717) is 0 Å². The largest absolute Gasteiger partial charge is 0.870 e. The molecule has 0 aliphatic carbocycles. The minimum atomic E-state index is -1.90. The van der Waals surface area contributed by atoms with Gasteiger partial charge in [-0.15, -0.1) is 0 Å². The van der Waals surface area contributed by atoms with E-state index >= 15 is 0 Å². The second-order valence-electron chi connectivity index (χ2n) is 7.80. The number of unbranched alkanes of at least 4 members (excludes halogenated alkanes) is 9. The Bertz CT molecular complexity index is 386. The molecule has 0 aliphatic rings. The molecule has 0 atom stereocenters. The average molecular weight is 458 g/mol. The topological polar surface area (TPSA) is 30.0 Å². The van der Waals surface area contributed by atoms with Crippen LogP contribution in [0.1, 0.15) is 90.5 Å². The Balaban J connectivity index is 0.00000576. The Hall–Kier alpha value is -0.00182. The molecule has 0 heterocycles. The van der Waals surface area contributed by atoms with E-state index in [1.807, 2.05) is 0 Å². The van der Waals surface area contributed by atoms with Crippen LogP contribution < -0.4 is 0 Å². The molecular formula is C23H44OSb-. The molecule has 2 heteroatoms. The average Bonchev–Trinajstić information content (AvgIpc) is 2.63. The Morgan fingerprint density at radius 3 is 1.60 bits per heavy atom. The van der Waals surface area contributed by atoms with Crippen molar-refractivity contribution in [3.63, 3.8) is 0 Å². The first-order chi connectivity index (χ1) is 11.8. The van der Waals surface area contributed by atoms with Gasteiger partial charge in [0.15, 0.2) is 0 Å². The van der Waals surface area contributed by atoms with E-state index in [9.17, 15) is 0 Å². The number of hydrogen-bond donors (Lipinski definition) is 0. The van der Waals surface area contributed by atoms with Gasteiger partial charge in [-0.3, -0.25) is 0 Å². The smallest absolute Gasteiger partial charge is 0.870 e. The third kappa shape index (κ3) is 11.3. The summed E-state index contributed by atoms with van der Waals surface area (Å²) in [6, 6.07) is 11.3. The second-order valence-corrected chi connectivity index (χ2v) is 22.8. The van der Waals surface area contributed by atoms with Gasteiger partial charge in [0.05, 0.1) is 0 Å². The predicted molar refractivity (Wildman–Crippen MR) is 117 cm³/mol. The molecule has 0 aliphatic heterocycles. The van der Waals surface area contributed by atoms with Crippen molar-refractivity contribution in [2.45, 2.75) is 102 Å². The zero-order chi connectivity index (χ0) is 17.5. The summed E-state index contributed by atoms with van der Waals surface area (Å²) in [6.45, 7) is 7.27. The van der Waals surface area contributed by atoms with Gasteiger partial charge in [0.2, 0.25) is 0 Å². The molecule has 25 heavy (non-hydrogen) atoms. The summed E-state index contributed by atoms with van der Waals surface area (Å²) in [7, 11) is 0. The normalized spacial score (nSPS) is 12.0. The Morgan fingerprint density at radius 2 is 1.12 bits per heavy atom. The van der Waals surface area contributed by atoms with Crippen LogP contribution in [0, 0.1) is 0 Å². The van der Waals surface area contributed by atoms with E-state index in [1.165, 1.54) is 77.3 Å². The van der Waals surface area contributed by atoms with E-state index < -0.39 is 18.8 Å². The van der Waals surface area contributed by atoms with Gasteiger partial charge >= 0.3 is 157 Å². The van der Waals surface area contributed by atoms with Gasteiger partial charge in [0.1, 0.15) is 0 Å². The third-order valence-electron chi connectivity index (χ3n) is 5.98. The molecule has 0 amide bonds. The first-order valence-electron chi connectivity index (χ1n) is 10.8. The Labute approximate surface area is 162 Å². The van der Waals surface area contributed by atoms with Crippen molar-refractivity contribution in [3.8, 4) is 0 Å². The summed E-state index contributed by atoms with van der Waals surface area (Å²) in [6.07, 6.45) is 14.6. The van der Waals surface area contributed by atoms with Crippen molar-refractivity contribution < 1.29 is 5.48 Å². The summed E-state index contributed by atoms with van der Waals surface area (Å²) in [5.41, 5.74) is 1.61. The molecule has 1 aromatic carbocycles. The maximum absolute atomic E-state index is 2.48. The summed E-state index contributed by atoms with van der Waals surface area (Å²) in [5, 5.41) is 0. The predicted octanol–water partition coefficient (Wildman–Crippen LogP) is 7.73. The summed E-state index contributed by atoms with van der Waals surface area (Å²) in [5.74, 6) is 0. The first kappa shape index (κ1) is 25.0. The number of hydrogen-bond acceptors (Lipinski definition) is 1. The van der Waals surface area contributed by atoms with E-state index in [-0.39, 0.29) is 5.48 Å². The van der Waals surface area contributed by atoms with Crippen LogP contribution in [-0.4, -0.2) is 24.3 Å². The molecule has 0 fully saturated rings. The van der Waals surface area contributed by atoms with Crippen LogP contribution in [0.15, 0.2) is 30.3 Å². The number of benzene rings is 1. The van der Waals surface area contributed by atoms with Gasteiger partial charge in [-0.05, 0) is 0 Å². The van der Waals surface area contributed by atoms with E-state index in [1.54, 1.807) is 9.93 Å². The van der Waals surface area contributed by atoms with Gasteiger partial charge in [-0.25, -0.2) is 0 Å². The maximum atomic E-state index is 2.48. The molecule has 0 saturated carbocycles. The van der Waals surface area contributed by atoms with Gasteiger partial charge in [0, 0.05) is 0 Å². The molecule has 1 N–H and O–H groups in total. The molecule has 1 rings (SSSR count). The molecule has 148 valence electrons. The fourth-order valence-corrected chi connectivity index (χ4v) is 15.3. The summed E-state index contributed by atoms with van der Waals surface area (Å²) >= 11 is -1.90. The minimum absolute atomic E-state index is 0. The van der Waals surface area contributed by atoms with Crippen molar-refractivity contribution in [1.29, 1.82) is 0 Å². The van der Waals surface area contributed by atoms with Crippen LogP contribution in [0.25, 0.3) is 0 Å². The molecule has 0 aromatic heterocycles. The van der Waals surface area contributed by atoms with Crippen molar-refractivity contribution in [2.24, 2.45) is 0 Å². The second kappa shape index (κ2) is 16.2. The van der Waals surface area contributed by atoms with Crippen LogP contribution in [0.4, 0.5) is 0 Å². The molecular weight excluding hydrogens is 414 g/mol. The van der Waals surface area contributed by atoms with E-state index in [0.717, 1.165) is 0 Å². The molecule has 1 nitrogen and oxygen atoms in total. The van der Waals surface area contributed by atoms with Crippen LogP contribution in [-0.2, 0) is 4.37 Å². The monoisotopic (exact) mass is 457 g/mol. The van der Waals surface area contributed by atoms with Crippen molar-refractivity contribution >= 4 is 18.8 Å². The zero-order valence-electron chi connectivity index (χ0n) is 17.2. The van der Waals surface area contributed by atoms with Gasteiger partial charge in [0.25, 0.3) is 0 Å². The molecule has 0 spiro atoms. The molecule has 0 radical (unpaired) electrons. The Morgan fingerprint density at radius 1 is 0.640 bits per heavy atom. The van der Waals surface area contributed by atoms with Crippen molar-refractivity contribution in [2.75, 3.05) is 0 Å². The van der Waals surface area contributed by atoms with Gasteiger partial charge in [-0.1, -0.05) is 0 Å². The maximum Gasteiger partial charge on any atom is -0.870 e. The van der Waals surface area contributed by atoms with Crippen LogP contribution in [0.5, 0.6) is 0 Å². The molecule has 0 unspecified atom stereocenters. The minimum Gasteiger partial charge on any atom is -0.870 e. The van der Waals surface area contributed by atoms with Crippen molar-refractivity contribution in [1.82, 2.24) is 0 Å². The summed E-state index contributed by atoms with van der Waals surface area (Å²) < 4.78 is 6.14. The van der Waals surface area contributed by atoms with E-state index in [4.69, 9.17) is 0 Å². The fourth-order valence-electron chi connectivity index (χ4n) is 3.96. The molecule has 0 bridgehead atoms. The van der Waals surface area contributed by atoms with Crippen LogP contribution in [0.2, 0.25) is 13.1 Å². The van der Waals surface area contributed by atoms with Crippen molar-refractivity contribution in [3.05, 3.63) is 35.9 Å². The fraction of sp³-hybridized carbons (Fsp3) is 0.739. The van der Waals surface area contributed by atoms with Crippen LogP contribution in [0.3, 0.4) is 0 Å². The van der Waals surface area contributed by atoms with Gasteiger partial charge in [-0.2, -0.15) is 0 Å². The molecule has 1 aromatic rings. The van der Waals surface area contributed by atoms with Crippen LogP contribution >= 0.6 is 0 Å². The SMILES string of the molecule is CCCCCCCCCCC[CH2][SbH]([CH2]C)([CH2]C)[CH2]c1ccccc1.[OH-]. The first-order valence-corrected chi connectivity index (χ1v) is 18.9. The Kier molecular flexibility index (Phi) is 16.2. The van der Waals surface area contributed by atoms with E-state index in [2.05, 4.69) is 51.1 Å². The zero-order valence-corrected chi connectivity index (χ0v) is 20.1. The third-order valence-corrected chi connectivity index (χ3v) is 21.9. The summed E-state index contributed by atoms with van der Waals surface area (Å²) in [4.78, 5) is 0. The standard InChI is InChI=1S/C12H25.C7H7.2C2H5.H2O.Sb.H/c1-3-5-7-9-11-12-10-8-6-4-2;1-7-5-3-2-4-6-7;2*1-2;;;/h1,3-12H2,2H3;2-6H,1H2;2*1H2,2H3;1H2;;/p-1. The quantitative estimate of drug-likeness (QED) is 0.195.